The molecule has 0 N–H and O–H groups in total. The van der Waals surface area contributed by atoms with Gasteiger partial charge in [-0.05, 0) is 32.1 Å². The van der Waals surface area contributed by atoms with Gasteiger partial charge in [-0.1, -0.05) is 15.9 Å². The van der Waals surface area contributed by atoms with Crippen LogP contribution in [0.1, 0.15) is 32.1 Å². The maximum Gasteiger partial charge on any atom is 0.0784 e. The molecule has 1 aliphatic rings. The van der Waals surface area contributed by atoms with E-state index in [0.717, 1.165) is 0 Å². The highest BCUT2D eigenvalue weighted by molar-refractivity contribution is 9.09. The number of hydrogen-bond donors (Lipinski definition) is 0. The summed E-state index contributed by atoms with van der Waals surface area (Å²) in [5.74, 6) is 0. The first-order valence-electron chi connectivity index (χ1n) is 5.16. The van der Waals surface area contributed by atoms with Crippen molar-refractivity contribution >= 4 is 15.9 Å². The molecule has 0 aromatic rings. The van der Waals surface area contributed by atoms with Crippen LogP contribution in [-0.4, -0.2) is 36.5 Å². The molecule has 1 nitrogen and oxygen atoms in total. The van der Waals surface area contributed by atoms with Crippen LogP contribution in [0.25, 0.3) is 0 Å². The van der Waals surface area contributed by atoms with Gasteiger partial charge in [0.15, 0.2) is 0 Å². The van der Waals surface area contributed by atoms with Crippen LogP contribution in [0.5, 0.6) is 0 Å². The summed E-state index contributed by atoms with van der Waals surface area (Å²) in [7, 11) is 2.42. The number of likely N-dealkylation sites (tertiary alicyclic amines) is 1. The molecule has 0 saturated carbocycles. The van der Waals surface area contributed by atoms with Crippen LogP contribution in [0.4, 0.5) is 0 Å². The van der Waals surface area contributed by atoms with Crippen molar-refractivity contribution in [2.75, 3.05) is 32.0 Å². The van der Waals surface area contributed by atoms with Crippen molar-refractivity contribution in [1.29, 1.82) is 0 Å². The minimum absolute atomic E-state index is 0. The van der Waals surface area contributed by atoms with E-state index in [-0.39, 0.29) is 17.0 Å². The number of halogens is 2. The van der Waals surface area contributed by atoms with Crippen LogP contribution >= 0.6 is 15.9 Å². The fraction of sp³-hybridized carbons (Fsp3) is 1.00. The molecular weight excluding hydrogens is 294 g/mol. The van der Waals surface area contributed by atoms with Gasteiger partial charge in [-0.3, -0.25) is 0 Å². The molecule has 13 heavy (non-hydrogen) atoms. The Bertz CT molecular complexity index is 122. The number of piperidine rings is 1. The maximum atomic E-state index is 3.49. The van der Waals surface area contributed by atoms with Crippen LogP contribution in [-0.2, 0) is 0 Å². The van der Waals surface area contributed by atoms with Gasteiger partial charge in [0.1, 0.15) is 0 Å². The molecule has 0 spiro atoms. The Morgan fingerprint density at radius 3 is 2.23 bits per heavy atom. The Kier molecular flexibility index (Phi) is 7.76. The summed E-state index contributed by atoms with van der Waals surface area (Å²) in [4.78, 5) is 0. The lowest BCUT2D eigenvalue weighted by Crippen LogP contribution is -3.00. The van der Waals surface area contributed by atoms with Crippen molar-refractivity contribution in [3.8, 4) is 0 Å². The Balaban J connectivity index is 0.00000144. The third-order valence-electron chi connectivity index (χ3n) is 2.98. The van der Waals surface area contributed by atoms with Crippen LogP contribution in [0.2, 0.25) is 0 Å². The molecule has 1 aliphatic heterocycles. The van der Waals surface area contributed by atoms with Crippen molar-refractivity contribution in [1.82, 2.24) is 0 Å². The summed E-state index contributed by atoms with van der Waals surface area (Å²) >= 11 is 3.49. The SMILES string of the molecule is C[N+]1(CCCCBr)CCCCC1.[Br-]. The van der Waals surface area contributed by atoms with Crippen LogP contribution in [0.3, 0.4) is 0 Å². The van der Waals surface area contributed by atoms with E-state index in [4.69, 9.17) is 0 Å². The number of hydrogen-bond acceptors (Lipinski definition) is 0. The third-order valence-corrected chi connectivity index (χ3v) is 3.54. The Morgan fingerprint density at radius 1 is 1.08 bits per heavy atom. The Labute approximate surface area is 101 Å². The van der Waals surface area contributed by atoms with E-state index in [2.05, 4.69) is 23.0 Å². The quantitative estimate of drug-likeness (QED) is 0.383. The smallest absolute Gasteiger partial charge is 0.0784 e. The first-order valence-corrected chi connectivity index (χ1v) is 6.28. The molecule has 0 unspecified atom stereocenters. The van der Waals surface area contributed by atoms with Crippen LogP contribution in [0, 0.1) is 0 Å². The molecule has 80 valence electrons. The topological polar surface area (TPSA) is 0 Å². The zero-order chi connectivity index (χ0) is 8.86. The number of nitrogens with zero attached hydrogens (tertiary/aromatic N) is 1. The highest BCUT2D eigenvalue weighted by atomic mass is 79.9. The average molecular weight is 315 g/mol. The predicted octanol–water partition coefficient (Wildman–Crippen LogP) is -0.204. The van der Waals surface area contributed by atoms with E-state index in [1.807, 2.05) is 0 Å². The van der Waals surface area contributed by atoms with Gasteiger partial charge in [0.05, 0.1) is 26.7 Å². The number of alkyl halides is 1. The lowest BCUT2D eigenvalue weighted by Gasteiger charge is -2.37. The lowest BCUT2D eigenvalue weighted by atomic mass is 10.1. The van der Waals surface area contributed by atoms with Gasteiger partial charge in [0.25, 0.3) is 0 Å². The van der Waals surface area contributed by atoms with E-state index in [9.17, 15) is 0 Å². The monoisotopic (exact) mass is 313 g/mol. The van der Waals surface area contributed by atoms with Gasteiger partial charge in [0, 0.05) is 5.33 Å². The van der Waals surface area contributed by atoms with Gasteiger partial charge in [-0.2, -0.15) is 0 Å². The molecule has 0 bridgehead atoms. The van der Waals surface area contributed by atoms with E-state index in [1.54, 1.807) is 0 Å². The predicted molar refractivity (Wildman–Crippen MR) is 57.7 cm³/mol. The molecule has 0 radical (unpaired) electrons. The average Bonchev–Trinajstić information content (AvgIpc) is 2.06. The fourth-order valence-corrected chi connectivity index (χ4v) is 2.48. The van der Waals surface area contributed by atoms with Gasteiger partial charge in [-0.15, -0.1) is 0 Å². The second-order valence-corrected chi connectivity index (χ2v) is 5.04. The van der Waals surface area contributed by atoms with E-state index in [1.165, 1.54) is 61.6 Å². The van der Waals surface area contributed by atoms with E-state index in [0.29, 0.717) is 0 Å². The molecule has 0 aromatic carbocycles. The minimum atomic E-state index is 0. The number of quaternary nitrogens is 1. The van der Waals surface area contributed by atoms with E-state index < -0.39 is 0 Å². The second-order valence-electron chi connectivity index (χ2n) is 4.25. The van der Waals surface area contributed by atoms with Crippen molar-refractivity contribution < 1.29 is 21.5 Å². The van der Waals surface area contributed by atoms with Crippen molar-refractivity contribution in [3.05, 3.63) is 0 Å². The first-order chi connectivity index (χ1) is 5.77. The number of unbranched alkanes of at least 4 members (excludes halogenated alkanes) is 1. The maximum absolute atomic E-state index is 3.49. The van der Waals surface area contributed by atoms with Crippen molar-refractivity contribution in [2.24, 2.45) is 0 Å². The molecule has 1 rings (SSSR count). The Morgan fingerprint density at radius 2 is 1.69 bits per heavy atom. The largest absolute Gasteiger partial charge is 1.00 e. The molecule has 0 aromatic heterocycles. The fourth-order valence-electron chi connectivity index (χ4n) is 2.09. The summed E-state index contributed by atoms with van der Waals surface area (Å²) in [6.45, 7) is 4.23. The van der Waals surface area contributed by atoms with Crippen LogP contribution in [0.15, 0.2) is 0 Å². The molecule has 0 amide bonds. The molecule has 3 heteroatoms. The third kappa shape index (κ3) is 5.38. The Hall–Kier alpha value is 0.920. The second kappa shape index (κ2) is 7.24. The number of rotatable bonds is 4. The highest BCUT2D eigenvalue weighted by Gasteiger charge is 2.23. The minimum Gasteiger partial charge on any atom is -1.00 e. The molecule has 1 fully saturated rings. The zero-order valence-electron chi connectivity index (χ0n) is 8.57. The van der Waals surface area contributed by atoms with Crippen molar-refractivity contribution in [3.63, 3.8) is 0 Å². The van der Waals surface area contributed by atoms with Gasteiger partial charge in [-0.25, -0.2) is 0 Å². The molecule has 1 heterocycles. The zero-order valence-corrected chi connectivity index (χ0v) is 11.7. The first kappa shape index (κ1) is 13.9. The molecular formula is C10H21Br2N. The van der Waals surface area contributed by atoms with Gasteiger partial charge in [0.2, 0.25) is 0 Å². The van der Waals surface area contributed by atoms with Crippen molar-refractivity contribution in [2.45, 2.75) is 32.1 Å². The summed E-state index contributed by atoms with van der Waals surface area (Å²) < 4.78 is 1.34. The normalized spacial score (nSPS) is 20.8. The highest BCUT2D eigenvalue weighted by Crippen LogP contribution is 2.17. The lowest BCUT2D eigenvalue weighted by molar-refractivity contribution is -0.914. The van der Waals surface area contributed by atoms with E-state index >= 15 is 0 Å². The van der Waals surface area contributed by atoms with Gasteiger partial charge >= 0.3 is 0 Å². The summed E-state index contributed by atoms with van der Waals surface area (Å²) in [5, 5.41) is 1.17. The summed E-state index contributed by atoms with van der Waals surface area (Å²) in [6, 6.07) is 0. The standard InChI is InChI=1S/C10H21BrN.BrH/c1-12(10-6-3-7-11)8-4-2-5-9-12;/h2-10H2,1H3;1H/q+1;/p-1. The van der Waals surface area contributed by atoms with Gasteiger partial charge < -0.3 is 21.5 Å². The molecule has 0 atom stereocenters. The van der Waals surface area contributed by atoms with Crippen LogP contribution < -0.4 is 17.0 Å². The molecule has 1 saturated heterocycles. The summed E-state index contributed by atoms with van der Waals surface area (Å²) in [6.07, 6.45) is 7.09. The summed E-state index contributed by atoms with van der Waals surface area (Å²) in [5.41, 5.74) is 0. The molecule has 0 aliphatic carbocycles.